The van der Waals surface area contributed by atoms with Gasteiger partial charge in [0.1, 0.15) is 5.75 Å². The van der Waals surface area contributed by atoms with Gasteiger partial charge in [0.05, 0.1) is 19.8 Å². The van der Waals surface area contributed by atoms with E-state index in [1.54, 1.807) is 7.11 Å². The fourth-order valence-corrected chi connectivity index (χ4v) is 1.64. The molecule has 2 N–H and O–H groups in total. The molecule has 0 aromatic heterocycles. The molecule has 0 bridgehead atoms. The molecule has 0 radical (unpaired) electrons. The molecule has 0 aliphatic rings. The summed E-state index contributed by atoms with van der Waals surface area (Å²) in [7, 11) is 1.65. The van der Waals surface area contributed by atoms with Crippen molar-refractivity contribution in [3.05, 3.63) is 29.8 Å². The van der Waals surface area contributed by atoms with E-state index in [1.807, 2.05) is 31.2 Å². The third-order valence-corrected chi connectivity index (χ3v) is 2.79. The molecule has 1 aromatic rings. The summed E-state index contributed by atoms with van der Waals surface area (Å²) in [5.74, 6) is 0.849. The van der Waals surface area contributed by atoms with Crippen LogP contribution < -0.4 is 10.1 Å². The summed E-state index contributed by atoms with van der Waals surface area (Å²) in [5.41, 5.74) is 1.17. The average molecular weight is 253 g/mol. The Morgan fingerprint density at radius 2 is 1.94 bits per heavy atom. The molecule has 2 atom stereocenters. The predicted molar refractivity (Wildman–Crippen MR) is 71.9 cm³/mol. The number of methoxy groups -OCH3 is 1. The molecule has 0 aliphatic carbocycles. The van der Waals surface area contributed by atoms with E-state index in [4.69, 9.17) is 9.47 Å². The second-order valence-corrected chi connectivity index (χ2v) is 4.22. The van der Waals surface area contributed by atoms with E-state index in [9.17, 15) is 5.11 Å². The number of rotatable bonds is 8. The Morgan fingerprint density at radius 3 is 2.50 bits per heavy atom. The zero-order valence-corrected chi connectivity index (χ0v) is 11.3. The highest BCUT2D eigenvalue weighted by Crippen LogP contribution is 2.16. The first-order chi connectivity index (χ1) is 8.67. The summed E-state index contributed by atoms with van der Waals surface area (Å²) in [6.45, 7) is 5.51. The van der Waals surface area contributed by atoms with E-state index in [-0.39, 0.29) is 6.04 Å². The molecule has 0 saturated carbocycles. The van der Waals surface area contributed by atoms with Gasteiger partial charge in [0.15, 0.2) is 0 Å². The zero-order chi connectivity index (χ0) is 13.4. The van der Waals surface area contributed by atoms with Crippen LogP contribution in [0.1, 0.15) is 25.5 Å². The fraction of sp³-hybridized carbons (Fsp3) is 0.571. The highest BCUT2D eigenvalue weighted by molar-refractivity contribution is 5.28. The number of aliphatic hydroxyl groups is 1. The summed E-state index contributed by atoms with van der Waals surface area (Å²) < 4.78 is 10.3. The van der Waals surface area contributed by atoms with Gasteiger partial charge in [-0.2, -0.15) is 0 Å². The molecule has 18 heavy (non-hydrogen) atoms. The predicted octanol–water partition coefficient (Wildman–Crippen LogP) is 1.74. The second kappa shape index (κ2) is 8.08. The van der Waals surface area contributed by atoms with Crippen molar-refractivity contribution in [2.24, 2.45) is 0 Å². The largest absolute Gasteiger partial charge is 0.497 e. The number of hydrogen-bond donors (Lipinski definition) is 2. The highest BCUT2D eigenvalue weighted by Gasteiger charge is 2.08. The molecule has 0 amide bonds. The topological polar surface area (TPSA) is 50.7 Å². The summed E-state index contributed by atoms with van der Waals surface area (Å²) in [4.78, 5) is 0. The SMILES string of the molecule is CCOCC(O)CN[C@@H](C)c1ccc(OC)cc1. The Kier molecular flexibility index (Phi) is 6.72. The number of hydrogen-bond acceptors (Lipinski definition) is 4. The first kappa shape index (κ1) is 15.0. The van der Waals surface area contributed by atoms with Crippen molar-refractivity contribution >= 4 is 0 Å². The fourth-order valence-electron chi connectivity index (χ4n) is 1.64. The van der Waals surface area contributed by atoms with Crippen LogP contribution in [0.2, 0.25) is 0 Å². The smallest absolute Gasteiger partial charge is 0.118 e. The first-order valence-corrected chi connectivity index (χ1v) is 6.30. The molecule has 1 unspecified atom stereocenters. The maximum absolute atomic E-state index is 9.65. The van der Waals surface area contributed by atoms with Gasteiger partial charge in [-0.05, 0) is 31.5 Å². The van der Waals surface area contributed by atoms with Crippen LogP contribution in [0.3, 0.4) is 0 Å². The van der Waals surface area contributed by atoms with Crippen LogP contribution >= 0.6 is 0 Å². The molecule has 4 nitrogen and oxygen atoms in total. The molecular weight excluding hydrogens is 230 g/mol. The molecular formula is C14H23NO3. The molecule has 4 heteroatoms. The van der Waals surface area contributed by atoms with Crippen molar-refractivity contribution in [1.29, 1.82) is 0 Å². The van der Waals surface area contributed by atoms with Crippen molar-refractivity contribution in [3.63, 3.8) is 0 Å². The number of ether oxygens (including phenoxy) is 2. The van der Waals surface area contributed by atoms with Crippen LogP contribution in [0.5, 0.6) is 5.75 Å². The van der Waals surface area contributed by atoms with Crippen molar-refractivity contribution in [1.82, 2.24) is 5.32 Å². The second-order valence-electron chi connectivity index (χ2n) is 4.22. The lowest BCUT2D eigenvalue weighted by Gasteiger charge is -2.17. The molecule has 0 saturated heterocycles. The van der Waals surface area contributed by atoms with Gasteiger partial charge in [-0.3, -0.25) is 0 Å². The molecule has 102 valence electrons. The van der Waals surface area contributed by atoms with E-state index in [0.717, 1.165) is 5.75 Å². The minimum absolute atomic E-state index is 0.187. The van der Waals surface area contributed by atoms with Gasteiger partial charge < -0.3 is 19.9 Å². The van der Waals surface area contributed by atoms with Gasteiger partial charge in [-0.25, -0.2) is 0 Å². The zero-order valence-electron chi connectivity index (χ0n) is 11.3. The van der Waals surface area contributed by atoms with Crippen LogP contribution in [-0.2, 0) is 4.74 Å². The van der Waals surface area contributed by atoms with Gasteiger partial charge in [0.25, 0.3) is 0 Å². The standard InChI is InChI=1S/C14H23NO3/c1-4-18-10-13(16)9-15-11(2)12-5-7-14(17-3)8-6-12/h5-8,11,13,15-16H,4,9-10H2,1-3H3/t11-,13?/m0/s1. The molecule has 1 aromatic carbocycles. The van der Waals surface area contributed by atoms with Crippen molar-refractivity contribution in [2.75, 3.05) is 26.9 Å². The minimum Gasteiger partial charge on any atom is -0.497 e. The molecule has 1 rings (SSSR count). The normalized spacial score (nSPS) is 14.2. The number of benzene rings is 1. The maximum atomic E-state index is 9.65. The Labute approximate surface area is 109 Å². The first-order valence-electron chi connectivity index (χ1n) is 6.30. The maximum Gasteiger partial charge on any atom is 0.118 e. The van der Waals surface area contributed by atoms with E-state index < -0.39 is 6.10 Å². The van der Waals surface area contributed by atoms with Crippen LogP contribution in [0.4, 0.5) is 0 Å². The molecule has 0 fully saturated rings. The summed E-state index contributed by atoms with van der Waals surface area (Å²) in [6, 6.07) is 8.10. The summed E-state index contributed by atoms with van der Waals surface area (Å²) in [6.07, 6.45) is -0.467. The van der Waals surface area contributed by atoms with Crippen molar-refractivity contribution in [2.45, 2.75) is 26.0 Å². The number of aliphatic hydroxyl groups excluding tert-OH is 1. The van der Waals surface area contributed by atoms with Crippen molar-refractivity contribution < 1.29 is 14.6 Å². The Balaban J connectivity index is 2.37. The van der Waals surface area contributed by atoms with Gasteiger partial charge >= 0.3 is 0 Å². The third-order valence-electron chi connectivity index (χ3n) is 2.79. The summed E-state index contributed by atoms with van der Waals surface area (Å²) >= 11 is 0. The quantitative estimate of drug-likeness (QED) is 0.741. The van der Waals surface area contributed by atoms with Crippen LogP contribution in [0, 0.1) is 0 Å². The lowest BCUT2D eigenvalue weighted by Crippen LogP contribution is -2.32. The lowest BCUT2D eigenvalue weighted by atomic mass is 10.1. The van der Waals surface area contributed by atoms with E-state index in [2.05, 4.69) is 12.2 Å². The van der Waals surface area contributed by atoms with Crippen LogP contribution in [-0.4, -0.2) is 38.1 Å². The van der Waals surface area contributed by atoms with Crippen LogP contribution in [0.15, 0.2) is 24.3 Å². The lowest BCUT2D eigenvalue weighted by molar-refractivity contribution is 0.0416. The Morgan fingerprint density at radius 1 is 1.28 bits per heavy atom. The van der Waals surface area contributed by atoms with E-state index in [1.165, 1.54) is 5.56 Å². The van der Waals surface area contributed by atoms with E-state index in [0.29, 0.717) is 19.8 Å². The molecule has 0 aliphatic heterocycles. The van der Waals surface area contributed by atoms with Crippen LogP contribution in [0.25, 0.3) is 0 Å². The minimum atomic E-state index is -0.467. The Bertz CT molecular complexity index is 326. The van der Waals surface area contributed by atoms with Gasteiger partial charge in [0.2, 0.25) is 0 Å². The average Bonchev–Trinajstić information content (AvgIpc) is 2.42. The monoisotopic (exact) mass is 253 g/mol. The van der Waals surface area contributed by atoms with Gasteiger partial charge in [-0.1, -0.05) is 12.1 Å². The highest BCUT2D eigenvalue weighted by atomic mass is 16.5. The summed E-state index contributed by atoms with van der Waals surface area (Å²) in [5, 5.41) is 12.9. The Hall–Kier alpha value is -1.10. The van der Waals surface area contributed by atoms with E-state index >= 15 is 0 Å². The molecule has 0 spiro atoms. The number of nitrogens with one attached hydrogen (secondary N) is 1. The van der Waals surface area contributed by atoms with Gasteiger partial charge in [0, 0.05) is 19.2 Å². The molecule has 0 heterocycles. The third kappa shape index (κ3) is 5.04. The van der Waals surface area contributed by atoms with Gasteiger partial charge in [-0.15, -0.1) is 0 Å². The van der Waals surface area contributed by atoms with Crippen molar-refractivity contribution in [3.8, 4) is 5.75 Å².